The van der Waals surface area contributed by atoms with E-state index >= 15 is 0 Å². The summed E-state index contributed by atoms with van der Waals surface area (Å²) in [5, 5.41) is 6.98. The summed E-state index contributed by atoms with van der Waals surface area (Å²) in [6.07, 6.45) is 1.75. The summed E-state index contributed by atoms with van der Waals surface area (Å²) in [6.45, 7) is 6.89. The zero-order valence-corrected chi connectivity index (χ0v) is 17.0. The third-order valence-corrected chi connectivity index (χ3v) is 4.25. The summed E-state index contributed by atoms with van der Waals surface area (Å²) in [5.41, 5.74) is 4.23. The predicted molar refractivity (Wildman–Crippen MR) is 107 cm³/mol. The van der Waals surface area contributed by atoms with Crippen LogP contribution >= 0.6 is 22.9 Å². The van der Waals surface area contributed by atoms with Crippen LogP contribution in [0, 0.1) is 0 Å². The Kier molecular flexibility index (Phi) is 8.35. The highest BCUT2D eigenvalue weighted by Crippen LogP contribution is 2.36. The summed E-state index contributed by atoms with van der Waals surface area (Å²) in [6, 6.07) is 3.55. The maximum atomic E-state index is 11.5. The lowest BCUT2D eigenvalue weighted by Crippen LogP contribution is -2.07. The van der Waals surface area contributed by atoms with E-state index < -0.39 is 0 Å². The standard InChI is InChI=1S/C18H22ClN3O4S/c1-4-24-15-8-12(7-14(19)17(15)26-6-3)10-20-22-18-21-13(11-27-18)9-16(23)25-5-2/h7-8,10-11H,4-6,9H2,1-3H3,(H,21,22)/b20-10-. The van der Waals surface area contributed by atoms with Crippen molar-refractivity contribution >= 4 is 40.3 Å². The zero-order chi connectivity index (χ0) is 19.6. The van der Waals surface area contributed by atoms with Crippen LogP contribution in [0.4, 0.5) is 5.13 Å². The van der Waals surface area contributed by atoms with Crippen LogP contribution in [0.25, 0.3) is 0 Å². The van der Waals surface area contributed by atoms with Gasteiger partial charge in [0.15, 0.2) is 11.5 Å². The van der Waals surface area contributed by atoms with E-state index in [0.29, 0.717) is 47.2 Å². The highest BCUT2D eigenvalue weighted by Gasteiger charge is 2.12. The Hall–Kier alpha value is -2.32. The van der Waals surface area contributed by atoms with E-state index in [0.717, 1.165) is 5.56 Å². The van der Waals surface area contributed by atoms with Gasteiger partial charge in [-0.2, -0.15) is 5.10 Å². The third-order valence-electron chi connectivity index (χ3n) is 3.18. The number of rotatable bonds is 10. The summed E-state index contributed by atoms with van der Waals surface area (Å²) in [5.74, 6) is 0.791. The fourth-order valence-electron chi connectivity index (χ4n) is 2.17. The molecule has 0 amide bonds. The SMILES string of the molecule is CCOC(=O)Cc1csc(N/N=C\c2cc(Cl)c(OCC)c(OCC)c2)n1. The molecule has 0 atom stereocenters. The molecule has 1 N–H and O–H groups in total. The number of hydrazone groups is 1. The summed E-state index contributed by atoms with van der Waals surface area (Å²) in [4.78, 5) is 15.8. The van der Waals surface area contributed by atoms with Crippen molar-refractivity contribution < 1.29 is 19.0 Å². The Morgan fingerprint density at radius 3 is 2.74 bits per heavy atom. The van der Waals surface area contributed by atoms with Gasteiger partial charge >= 0.3 is 5.97 Å². The van der Waals surface area contributed by atoms with Gasteiger partial charge in [-0.15, -0.1) is 11.3 Å². The molecular weight excluding hydrogens is 390 g/mol. The number of anilines is 1. The van der Waals surface area contributed by atoms with Gasteiger partial charge in [-0.3, -0.25) is 10.2 Å². The van der Waals surface area contributed by atoms with E-state index in [1.54, 1.807) is 30.7 Å². The molecule has 0 bridgehead atoms. The van der Waals surface area contributed by atoms with Gasteiger partial charge in [0.2, 0.25) is 5.13 Å². The average Bonchev–Trinajstić information content (AvgIpc) is 3.05. The minimum Gasteiger partial charge on any atom is -0.490 e. The molecular formula is C18H22ClN3O4S. The van der Waals surface area contributed by atoms with E-state index in [4.69, 9.17) is 25.8 Å². The first-order valence-electron chi connectivity index (χ1n) is 8.55. The van der Waals surface area contributed by atoms with Crippen molar-refractivity contribution in [3.8, 4) is 11.5 Å². The second kappa shape index (κ2) is 10.7. The number of nitrogens with one attached hydrogen (secondary N) is 1. The Balaban J connectivity index is 2.03. The minimum absolute atomic E-state index is 0.141. The number of aromatic nitrogens is 1. The number of thiazole rings is 1. The lowest BCUT2D eigenvalue weighted by atomic mass is 10.2. The fraction of sp³-hybridized carbons (Fsp3) is 0.389. The lowest BCUT2D eigenvalue weighted by Gasteiger charge is -2.13. The molecule has 0 aliphatic rings. The van der Waals surface area contributed by atoms with Gasteiger partial charge in [-0.1, -0.05) is 11.6 Å². The zero-order valence-electron chi connectivity index (χ0n) is 15.5. The molecule has 7 nitrogen and oxygen atoms in total. The normalized spacial score (nSPS) is 10.8. The molecule has 1 heterocycles. The molecule has 0 fully saturated rings. The van der Waals surface area contributed by atoms with Crippen LogP contribution in [0.1, 0.15) is 32.0 Å². The Bertz CT molecular complexity index is 795. The first kappa shape index (κ1) is 21.0. The molecule has 2 rings (SSSR count). The van der Waals surface area contributed by atoms with Crippen molar-refractivity contribution in [1.82, 2.24) is 4.98 Å². The number of esters is 1. The number of carbonyl (C=O) groups excluding carboxylic acids is 1. The second-order valence-electron chi connectivity index (χ2n) is 5.19. The molecule has 0 aliphatic heterocycles. The number of carbonyl (C=O) groups is 1. The highest BCUT2D eigenvalue weighted by molar-refractivity contribution is 7.13. The van der Waals surface area contributed by atoms with Crippen molar-refractivity contribution in [2.45, 2.75) is 27.2 Å². The molecule has 9 heteroatoms. The van der Waals surface area contributed by atoms with Gasteiger partial charge in [0.25, 0.3) is 0 Å². The molecule has 1 aromatic heterocycles. The number of nitrogens with zero attached hydrogens (tertiary/aromatic N) is 2. The Morgan fingerprint density at radius 1 is 1.26 bits per heavy atom. The maximum absolute atomic E-state index is 11.5. The molecule has 2 aromatic rings. The summed E-state index contributed by atoms with van der Waals surface area (Å²) < 4.78 is 16.0. The van der Waals surface area contributed by atoms with E-state index in [1.807, 2.05) is 13.8 Å². The van der Waals surface area contributed by atoms with Crippen LogP contribution in [-0.4, -0.2) is 37.0 Å². The molecule has 0 spiro atoms. The van der Waals surface area contributed by atoms with Crippen LogP contribution in [-0.2, 0) is 16.0 Å². The van der Waals surface area contributed by atoms with Gasteiger partial charge in [0.05, 0.1) is 43.2 Å². The van der Waals surface area contributed by atoms with Crippen LogP contribution in [0.15, 0.2) is 22.6 Å². The lowest BCUT2D eigenvalue weighted by molar-refractivity contribution is -0.142. The molecule has 0 saturated heterocycles. The number of halogens is 1. The molecule has 0 saturated carbocycles. The molecule has 0 unspecified atom stereocenters. The van der Waals surface area contributed by atoms with Crippen molar-refractivity contribution in [3.63, 3.8) is 0 Å². The van der Waals surface area contributed by atoms with Crippen molar-refractivity contribution in [3.05, 3.63) is 33.8 Å². The van der Waals surface area contributed by atoms with E-state index in [2.05, 4.69) is 15.5 Å². The summed E-state index contributed by atoms with van der Waals surface area (Å²) >= 11 is 7.64. The van der Waals surface area contributed by atoms with Gasteiger partial charge in [-0.05, 0) is 38.5 Å². The predicted octanol–water partition coefficient (Wildman–Crippen LogP) is 4.15. The van der Waals surface area contributed by atoms with Crippen LogP contribution in [0.3, 0.4) is 0 Å². The highest BCUT2D eigenvalue weighted by atomic mass is 35.5. The molecule has 146 valence electrons. The van der Waals surface area contributed by atoms with E-state index in [-0.39, 0.29) is 12.4 Å². The van der Waals surface area contributed by atoms with Crippen molar-refractivity contribution in [2.24, 2.45) is 5.10 Å². The summed E-state index contributed by atoms with van der Waals surface area (Å²) in [7, 11) is 0. The first-order chi connectivity index (χ1) is 13.1. The fourth-order valence-corrected chi connectivity index (χ4v) is 3.10. The third kappa shape index (κ3) is 6.41. The number of benzene rings is 1. The van der Waals surface area contributed by atoms with Gasteiger partial charge in [0, 0.05) is 5.38 Å². The Labute approximate surface area is 167 Å². The smallest absolute Gasteiger partial charge is 0.311 e. The topological polar surface area (TPSA) is 82.0 Å². The molecule has 27 heavy (non-hydrogen) atoms. The van der Waals surface area contributed by atoms with Crippen molar-refractivity contribution in [2.75, 3.05) is 25.2 Å². The number of hydrogen-bond acceptors (Lipinski definition) is 8. The second-order valence-corrected chi connectivity index (χ2v) is 6.46. The van der Waals surface area contributed by atoms with E-state index in [1.165, 1.54) is 11.3 Å². The average molecular weight is 412 g/mol. The van der Waals surface area contributed by atoms with E-state index in [9.17, 15) is 4.79 Å². The van der Waals surface area contributed by atoms with Crippen LogP contribution < -0.4 is 14.9 Å². The first-order valence-corrected chi connectivity index (χ1v) is 9.81. The molecule has 0 radical (unpaired) electrons. The van der Waals surface area contributed by atoms with Gasteiger partial charge in [-0.25, -0.2) is 4.98 Å². The largest absolute Gasteiger partial charge is 0.490 e. The van der Waals surface area contributed by atoms with Gasteiger partial charge in [0.1, 0.15) is 0 Å². The monoisotopic (exact) mass is 411 g/mol. The van der Waals surface area contributed by atoms with Crippen molar-refractivity contribution in [1.29, 1.82) is 0 Å². The Morgan fingerprint density at radius 2 is 2.04 bits per heavy atom. The minimum atomic E-state index is -0.301. The molecule has 0 aliphatic carbocycles. The maximum Gasteiger partial charge on any atom is 0.311 e. The van der Waals surface area contributed by atoms with Gasteiger partial charge < -0.3 is 14.2 Å². The number of ether oxygens (including phenoxy) is 3. The quantitative estimate of drug-likeness (QED) is 0.359. The van der Waals surface area contributed by atoms with Crippen LogP contribution in [0.5, 0.6) is 11.5 Å². The van der Waals surface area contributed by atoms with Crippen LogP contribution in [0.2, 0.25) is 5.02 Å². The number of hydrogen-bond donors (Lipinski definition) is 1. The molecule has 1 aromatic carbocycles.